The Morgan fingerprint density at radius 1 is 1.00 bits per heavy atom. The second kappa shape index (κ2) is 5.53. The van der Waals surface area contributed by atoms with Gasteiger partial charge in [-0.3, -0.25) is 4.79 Å². The minimum absolute atomic E-state index is 0.0820. The van der Waals surface area contributed by atoms with E-state index in [1.807, 2.05) is 53.4 Å². The third-order valence-electron chi connectivity index (χ3n) is 4.37. The van der Waals surface area contributed by atoms with Crippen molar-refractivity contribution in [2.45, 2.75) is 18.5 Å². The summed E-state index contributed by atoms with van der Waals surface area (Å²) in [7, 11) is 0. The predicted molar refractivity (Wildman–Crippen MR) is 84.9 cm³/mol. The molecule has 4 rings (SSSR count). The van der Waals surface area contributed by atoms with Crippen molar-refractivity contribution in [3.8, 4) is 0 Å². The maximum Gasteiger partial charge on any atom is 0.247 e. The molecular weight excluding hydrogens is 276 g/mol. The first-order valence-electron chi connectivity index (χ1n) is 7.55. The van der Waals surface area contributed by atoms with E-state index in [1.165, 1.54) is 5.56 Å². The highest BCUT2D eigenvalue weighted by molar-refractivity contribution is 5.99. The van der Waals surface area contributed by atoms with Crippen LogP contribution in [0.1, 0.15) is 17.2 Å². The van der Waals surface area contributed by atoms with Crippen molar-refractivity contribution in [1.29, 1.82) is 0 Å². The Balaban J connectivity index is 1.60. The molecule has 0 radical (unpaired) electrons. The van der Waals surface area contributed by atoms with Crippen LogP contribution in [0.25, 0.3) is 0 Å². The monoisotopic (exact) mass is 294 g/mol. The van der Waals surface area contributed by atoms with E-state index >= 15 is 0 Å². The molecule has 2 aliphatic rings. The first kappa shape index (κ1) is 13.5. The van der Waals surface area contributed by atoms with Crippen LogP contribution in [0.2, 0.25) is 0 Å². The Morgan fingerprint density at radius 2 is 1.77 bits per heavy atom. The fourth-order valence-corrected chi connectivity index (χ4v) is 3.24. The van der Waals surface area contributed by atoms with Crippen LogP contribution in [-0.4, -0.2) is 18.5 Å². The van der Waals surface area contributed by atoms with Gasteiger partial charge in [0, 0.05) is 12.2 Å². The Labute approximate surface area is 129 Å². The first-order chi connectivity index (χ1) is 10.8. The van der Waals surface area contributed by atoms with Gasteiger partial charge in [-0.15, -0.1) is 0 Å². The zero-order valence-corrected chi connectivity index (χ0v) is 12.1. The highest BCUT2D eigenvalue weighted by atomic mass is 16.2. The number of amides is 1. The van der Waals surface area contributed by atoms with Crippen LogP contribution in [0.15, 0.2) is 54.6 Å². The predicted octanol–water partition coefficient (Wildman–Crippen LogP) is 1.30. The van der Waals surface area contributed by atoms with Gasteiger partial charge in [0.15, 0.2) is 0 Å². The van der Waals surface area contributed by atoms with Gasteiger partial charge >= 0.3 is 0 Å². The summed E-state index contributed by atoms with van der Waals surface area (Å²) in [5, 5.41) is 0. The molecule has 0 bridgehead atoms. The molecule has 2 aliphatic heterocycles. The molecule has 0 aromatic heterocycles. The van der Waals surface area contributed by atoms with Gasteiger partial charge in [-0.2, -0.15) is 5.53 Å². The molecule has 1 amide bonds. The number of carbonyl (C=O) groups is 1. The van der Waals surface area contributed by atoms with Gasteiger partial charge in [0.2, 0.25) is 5.91 Å². The Bertz CT molecular complexity index is 688. The number of hydrogen-bond donors (Lipinski definition) is 3. The lowest BCUT2D eigenvalue weighted by atomic mass is 10.00. The first-order valence-corrected chi connectivity index (χ1v) is 7.55. The van der Waals surface area contributed by atoms with E-state index in [4.69, 9.17) is 0 Å². The van der Waals surface area contributed by atoms with E-state index in [0.717, 1.165) is 24.2 Å². The highest BCUT2D eigenvalue weighted by Crippen LogP contribution is 2.30. The molecule has 0 saturated carbocycles. The van der Waals surface area contributed by atoms with Crippen molar-refractivity contribution < 1.29 is 4.79 Å². The topological polar surface area (TPSA) is 56.4 Å². The largest absolute Gasteiger partial charge is 0.310 e. The van der Waals surface area contributed by atoms with E-state index in [1.54, 1.807) is 0 Å². The number of fused-ring (bicyclic) bond motifs is 1. The molecule has 5 heteroatoms. The molecule has 1 fully saturated rings. The molecular formula is C17H18N4O. The molecule has 2 aromatic rings. The molecule has 5 nitrogen and oxygen atoms in total. The Morgan fingerprint density at radius 3 is 2.64 bits per heavy atom. The van der Waals surface area contributed by atoms with Crippen LogP contribution in [0.5, 0.6) is 0 Å². The second-order valence-electron chi connectivity index (χ2n) is 5.65. The molecule has 2 unspecified atom stereocenters. The summed E-state index contributed by atoms with van der Waals surface area (Å²) in [6.07, 6.45) is 0.922. The van der Waals surface area contributed by atoms with E-state index in [0.29, 0.717) is 0 Å². The van der Waals surface area contributed by atoms with Crippen LogP contribution in [0.3, 0.4) is 0 Å². The number of anilines is 1. The quantitative estimate of drug-likeness (QED) is 0.781. The summed E-state index contributed by atoms with van der Waals surface area (Å²) in [4.78, 5) is 14.9. The smallest absolute Gasteiger partial charge is 0.247 e. The summed E-state index contributed by atoms with van der Waals surface area (Å²) < 4.78 is 0. The van der Waals surface area contributed by atoms with Gasteiger partial charge in [0.1, 0.15) is 6.04 Å². The number of carbonyl (C=O) groups excluding carboxylic acids is 1. The summed E-state index contributed by atoms with van der Waals surface area (Å²) in [6, 6.07) is 17.7. The van der Waals surface area contributed by atoms with E-state index in [-0.39, 0.29) is 18.0 Å². The number of para-hydroxylation sites is 1. The fourth-order valence-electron chi connectivity index (χ4n) is 3.24. The van der Waals surface area contributed by atoms with Gasteiger partial charge in [0.05, 0.1) is 6.04 Å². The van der Waals surface area contributed by atoms with Crippen LogP contribution in [-0.2, 0) is 11.2 Å². The molecule has 22 heavy (non-hydrogen) atoms. The fraction of sp³-hybridized carbons (Fsp3) is 0.235. The van der Waals surface area contributed by atoms with Crippen molar-refractivity contribution in [3.63, 3.8) is 0 Å². The minimum Gasteiger partial charge on any atom is -0.310 e. The average Bonchev–Trinajstić information content (AvgIpc) is 3.22. The van der Waals surface area contributed by atoms with Crippen LogP contribution < -0.4 is 21.3 Å². The average molecular weight is 294 g/mol. The van der Waals surface area contributed by atoms with Crippen molar-refractivity contribution in [3.05, 3.63) is 65.7 Å². The van der Waals surface area contributed by atoms with Crippen molar-refractivity contribution in [1.82, 2.24) is 16.4 Å². The minimum atomic E-state index is -0.325. The SMILES string of the molecule is O=C(C1NNNC1c1ccccc1)N1CCc2ccccc21. The van der Waals surface area contributed by atoms with Crippen LogP contribution >= 0.6 is 0 Å². The lowest BCUT2D eigenvalue weighted by molar-refractivity contribution is -0.120. The van der Waals surface area contributed by atoms with E-state index in [2.05, 4.69) is 22.5 Å². The second-order valence-corrected chi connectivity index (χ2v) is 5.65. The lowest BCUT2D eigenvalue weighted by Gasteiger charge is -2.24. The standard InChI is InChI=1S/C17H18N4O/c22-17(21-11-10-12-6-4-5-9-14(12)21)16-15(18-20-19-16)13-7-2-1-3-8-13/h1-9,15-16,18-20H,10-11H2. The van der Waals surface area contributed by atoms with Gasteiger partial charge in [0.25, 0.3) is 0 Å². The number of hydrazine groups is 2. The molecule has 1 saturated heterocycles. The molecule has 2 heterocycles. The number of rotatable bonds is 2. The number of hydrogen-bond acceptors (Lipinski definition) is 4. The third-order valence-corrected chi connectivity index (χ3v) is 4.37. The van der Waals surface area contributed by atoms with E-state index in [9.17, 15) is 4.79 Å². The van der Waals surface area contributed by atoms with E-state index < -0.39 is 0 Å². The maximum absolute atomic E-state index is 13.0. The summed E-state index contributed by atoms with van der Waals surface area (Å²) in [5.41, 5.74) is 12.5. The summed E-state index contributed by atoms with van der Waals surface area (Å²) in [5.74, 6) is 0.0938. The van der Waals surface area contributed by atoms with Crippen molar-refractivity contribution in [2.24, 2.45) is 0 Å². The number of nitrogens with zero attached hydrogens (tertiary/aromatic N) is 1. The zero-order chi connectivity index (χ0) is 14.9. The van der Waals surface area contributed by atoms with Gasteiger partial charge in [-0.25, -0.2) is 10.9 Å². The number of nitrogens with one attached hydrogen (secondary N) is 3. The summed E-state index contributed by atoms with van der Waals surface area (Å²) >= 11 is 0. The van der Waals surface area contributed by atoms with Gasteiger partial charge in [-0.05, 0) is 23.6 Å². The lowest BCUT2D eigenvalue weighted by Crippen LogP contribution is -2.47. The van der Waals surface area contributed by atoms with Crippen LogP contribution in [0, 0.1) is 0 Å². The Hall–Kier alpha value is -2.21. The van der Waals surface area contributed by atoms with Gasteiger partial charge < -0.3 is 4.90 Å². The molecule has 2 atom stereocenters. The van der Waals surface area contributed by atoms with Gasteiger partial charge in [-0.1, -0.05) is 48.5 Å². The molecule has 3 N–H and O–H groups in total. The highest BCUT2D eigenvalue weighted by Gasteiger charge is 2.38. The van der Waals surface area contributed by atoms with Crippen molar-refractivity contribution in [2.75, 3.05) is 11.4 Å². The molecule has 0 spiro atoms. The molecule has 112 valence electrons. The van der Waals surface area contributed by atoms with Crippen molar-refractivity contribution >= 4 is 11.6 Å². The van der Waals surface area contributed by atoms with Crippen LogP contribution in [0.4, 0.5) is 5.69 Å². The third kappa shape index (κ3) is 2.20. The maximum atomic E-state index is 13.0. The zero-order valence-electron chi connectivity index (χ0n) is 12.1. The molecule has 0 aliphatic carbocycles. The molecule has 2 aromatic carbocycles. The Kier molecular flexibility index (Phi) is 3.38. The number of benzene rings is 2. The summed E-state index contributed by atoms with van der Waals surface area (Å²) in [6.45, 7) is 0.748. The normalized spacial score (nSPS) is 23.5.